The summed E-state index contributed by atoms with van der Waals surface area (Å²) in [6, 6.07) is 14.2. The minimum absolute atomic E-state index is 0.221. The minimum atomic E-state index is -2.01. The molecule has 0 bridgehead atoms. The van der Waals surface area contributed by atoms with Crippen molar-refractivity contribution in [3.63, 3.8) is 0 Å². The molecular weight excluding hydrogens is 401 g/mol. The molecule has 1 heterocycles. The molecule has 3 rings (SSSR count). The van der Waals surface area contributed by atoms with Crippen molar-refractivity contribution in [1.82, 2.24) is 8.54 Å². The molecule has 29 heavy (non-hydrogen) atoms. The molecule has 10 heteroatoms. The first-order chi connectivity index (χ1) is 13.9. The van der Waals surface area contributed by atoms with Crippen molar-refractivity contribution in [3.05, 3.63) is 82.6 Å². The molecule has 1 aromatic heterocycles. The largest absolute Gasteiger partial charge is 0.587 e. The number of benzene rings is 2. The van der Waals surface area contributed by atoms with Gasteiger partial charge < -0.3 is 14.0 Å². The molecule has 0 saturated heterocycles. The van der Waals surface area contributed by atoms with Gasteiger partial charge in [0.1, 0.15) is 29.1 Å². The van der Waals surface area contributed by atoms with E-state index in [4.69, 9.17) is 9.47 Å². The second-order valence-corrected chi connectivity index (χ2v) is 7.05. The van der Waals surface area contributed by atoms with E-state index in [1.807, 2.05) is 0 Å². The maximum atomic E-state index is 14.5. The van der Waals surface area contributed by atoms with Gasteiger partial charge in [0.2, 0.25) is 0 Å². The molecular formula is C19H16FN3O5S. The monoisotopic (exact) mass is 417 g/mol. The Kier molecular flexibility index (Phi) is 6.15. The minimum Gasteiger partial charge on any atom is -0.587 e. The van der Waals surface area contributed by atoms with Crippen LogP contribution in [-0.4, -0.2) is 26.3 Å². The molecule has 0 fully saturated rings. The summed E-state index contributed by atoms with van der Waals surface area (Å²) in [7, 11) is 2.69. The summed E-state index contributed by atoms with van der Waals surface area (Å²) in [5, 5.41) is 0. The summed E-state index contributed by atoms with van der Waals surface area (Å²) in [6.45, 7) is 0. The van der Waals surface area contributed by atoms with Crippen LogP contribution in [0.1, 0.15) is 0 Å². The first-order valence-electron chi connectivity index (χ1n) is 8.27. The fraction of sp³-hybridized carbons (Fsp3) is 0.105. The van der Waals surface area contributed by atoms with Gasteiger partial charge in [0.15, 0.2) is 16.2 Å². The van der Waals surface area contributed by atoms with Crippen LogP contribution in [0.4, 0.5) is 9.18 Å². The van der Waals surface area contributed by atoms with E-state index in [0.717, 1.165) is 10.8 Å². The highest BCUT2D eigenvalue weighted by molar-refractivity contribution is 7.89. The summed E-state index contributed by atoms with van der Waals surface area (Å²) < 4.78 is 38.7. The third-order valence-electron chi connectivity index (χ3n) is 3.82. The van der Waals surface area contributed by atoms with Gasteiger partial charge in [-0.05, 0) is 36.4 Å². The Bertz CT molecular complexity index is 1140. The topological polar surface area (TPSA) is 97.9 Å². The number of methoxy groups -OCH3 is 1. The van der Waals surface area contributed by atoms with E-state index >= 15 is 0 Å². The van der Waals surface area contributed by atoms with Crippen LogP contribution in [0, 0.1) is 5.82 Å². The number of aromatic nitrogens is 2. The lowest BCUT2D eigenvalue weighted by Crippen LogP contribution is -2.43. The quantitative estimate of drug-likeness (QED) is 0.605. The Hall–Kier alpha value is -3.37. The number of halogens is 1. The summed E-state index contributed by atoms with van der Waals surface area (Å²) in [5.74, 6) is -0.252. The predicted octanol–water partition coefficient (Wildman–Crippen LogP) is 2.01. The van der Waals surface area contributed by atoms with E-state index < -0.39 is 34.4 Å². The van der Waals surface area contributed by atoms with Gasteiger partial charge in [-0.3, -0.25) is 4.57 Å². The molecule has 1 amide bonds. The van der Waals surface area contributed by atoms with Crippen LogP contribution in [0.5, 0.6) is 11.5 Å². The van der Waals surface area contributed by atoms with Gasteiger partial charge in [-0.1, -0.05) is 18.2 Å². The Morgan fingerprint density at radius 2 is 1.76 bits per heavy atom. The Balaban J connectivity index is 1.95. The molecule has 0 radical (unpaired) electrons. The van der Waals surface area contributed by atoms with Crippen LogP contribution in [0.2, 0.25) is 0 Å². The highest BCUT2D eigenvalue weighted by atomic mass is 32.2. The van der Waals surface area contributed by atoms with Crippen LogP contribution >= 0.6 is 0 Å². The fourth-order valence-corrected chi connectivity index (χ4v) is 3.41. The Morgan fingerprint density at radius 3 is 2.38 bits per heavy atom. The van der Waals surface area contributed by atoms with E-state index in [-0.39, 0.29) is 10.6 Å². The number of para-hydroxylation sites is 1. The van der Waals surface area contributed by atoms with E-state index in [2.05, 4.69) is 4.99 Å². The number of rotatable bonds is 4. The van der Waals surface area contributed by atoms with Crippen LogP contribution < -0.4 is 20.7 Å². The van der Waals surface area contributed by atoms with E-state index in [9.17, 15) is 18.5 Å². The van der Waals surface area contributed by atoms with Crippen LogP contribution in [0.15, 0.2) is 75.5 Å². The highest BCUT2D eigenvalue weighted by Gasteiger charge is 2.20. The van der Waals surface area contributed by atoms with Crippen LogP contribution in [-0.2, 0) is 18.4 Å². The molecule has 8 nitrogen and oxygen atoms in total. The Morgan fingerprint density at radius 1 is 1.10 bits per heavy atom. The smallest absolute Gasteiger partial charge is 0.441 e. The zero-order chi connectivity index (χ0) is 21.0. The number of amides is 1. The van der Waals surface area contributed by atoms with Crippen molar-refractivity contribution >= 4 is 17.5 Å². The van der Waals surface area contributed by atoms with Gasteiger partial charge in [-0.15, -0.1) is 3.97 Å². The average Bonchev–Trinajstić information content (AvgIpc) is 2.74. The van der Waals surface area contributed by atoms with Crippen molar-refractivity contribution in [2.75, 3.05) is 7.11 Å². The van der Waals surface area contributed by atoms with Crippen molar-refractivity contribution in [2.24, 2.45) is 12.0 Å². The molecule has 3 aromatic rings. The van der Waals surface area contributed by atoms with Gasteiger partial charge in [0.05, 0.1) is 7.11 Å². The summed E-state index contributed by atoms with van der Waals surface area (Å²) in [5.41, 5.74) is -1.37. The summed E-state index contributed by atoms with van der Waals surface area (Å²) in [6.07, 6.45) is -0.365. The molecule has 0 N–H and O–H groups in total. The standard InChI is InChI=1S/C19H16FN3O5S/c1-22-17(21-18(24)28-14-6-4-3-5-7-14)16(20)12-23(19(22)25)29(26)15-10-8-13(27-2)9-11-15/h3-12H,1-2H3/b21-17+. The average molecular weight is 417 g/mol. The molecule has 1 unspecified atom stereocenters. The molecule has 0 aliphatic carbocycles. The van der Waals surface area contributed by atoms with Gasteiger partial charge >= 0.3 is 11.8 Å². The second kappa shape index (κ2) is 8.76. The lowest BCUT2D eigenvalue weighted by molar-refractivity contribution is 0.209. The maximum absolute atomic E-state index is 14.5. The van der Waals surface area contributed by atoms with Crippen molar-refractivity contribution in [2.45, 2.75) is 4.90 Å². The molecule has 0 aliphatic heterocycles. The number of hydrogen-bond donors (Lipinski definition) is 0. The second-order valence-electron chi connectivity index (χ2n) is 5.69. The number of nitrogens with zero attached hydrogens (tertiary/aromatic N) is 3. The van der Waals surface area contributed by atoms with Gasteiger partial charge in [-0.25, -0.2) is 14.0 Å². The molecule has 2 aromatic carbocycles. The number of carbonyl (C=O) groups excluding carboxylic acids is 1. The summed E-state index contributed by atoms with van der Waals surface area (Å²) >= 11 is -2.01. The molecule has 0 aliphatic rings. The number of hydrogen-bond acceptors (Lipinski definition) is 5. The SMILES string of the molecule is COc1ccc([S+]([O-])n2cc(F)/c(=N\C(=O)Oc3ccccc3)n(C)c2=O)cc1. The predicted molar refractivity (Wildman–Crippen MR) is 102 cm³/mol. The zero-order valence-electron chi connectivity index (χ0n) is 15.4. The lowest BCUT2D eigenvalue weighted by Gasteiger charge is -2.13. The molecule has 0 spiro atoms. The highest BCUT2D eigenvalue weighted by Crippen LogP contribution is 2.17. The van der Waals surface area contributed by atoms with Crippen LogP contribution in [0.25, 0.3) is 0 Å². The maximum Gasteiger partial charge on any atom is 0.441 e. The van der Waals surface area contributed by atoms with Gasteiger partial charge in [0.25, 0.3) is 0 Å². The van der Waals surface area contributed by atoms with Crippen molar-refractivity contribution in [1.29, 1.82) is 0 Å². The fourth-order valence-electron chi connectivity index (χ4n) is 2.37. The number of ether oxygens (including phenoxy) is 2. The first-order valence-corrected chi connectivity index (χ1v) is 9.37. The van der Waals surface area contributed by atoms with E-state index in [1.54, 1.807) is 30.3 Å². The molecule has 150 valence electrons. The first kappa shape index (κ1) is 20.4. The normalized spacial score (nSPS) is 12.5. The van der Waals surface area contributed by atoms with Gasteiger partial charge in [0, 0.05) is 7.05 Å². The van der Waals surface area contributed by atoms with E-state index in [0.29, 0.717) is 9.72 Å². The van der Waals surface area contributed by atoms with Crippen LogP contribution in [0.3, 0.4) is 0 Å². The Labute approximate surface area is 167 Å². The van der Waals surface area contributed by atoms with Crippen molar-refractivity contribution in [3.8, 4) is 11.5 Å². The van der Waals surface area contributed by atoms with Gasteiger partial charge in [-0.2, -0.15) is 4.99 Å². The van der Waals surface area contributed by atoms with Crippen molar-refractivity contribution < 1.29 is 23.2 Å². The number of carbonyl (C=O) groups is 1. The lowest BCUT2D eigenvalue weighted by atomic mass is 10.3. The third-order valence-corrected chi connectivity index (χ3v) is 5.12. The summed E-state index contributed by atoms with van der Waals surface area (Å²) in [4.78, 5) is 28.3. The van der Waals surface area contributed by atoms with E-state index in [1.165, 1.54) is 38.4 Å². The third kappa shape index (κ3) is 4.55. The zero-order valence-corrected chi connectivity index (χ0v) is 16.3. The molecule has 0 saturated carbocycles. The molecule has 1 atom stereocenters.